The van der Waals surface area contributed by atoms with Gasteiger partial charge in [-0.2, -0.15) is 13.2 Å². The Balaban J connectivity index is 2.09. The van der Waals surface area contributed by atoms with Crippen LogP contribution in [-0.2, 0) is 10.9 Å². The highest BCUT2D eigenvalue weighted by atomic mass is 35.5. The first-order chi connectivity index (χ1) is 11.7. The van der Waals surface area contributed by atoms with E-state index in [2.05, 4.69) is 9.97 Å². The second-order valence-electron chi connectivity index (χ2n) is 5.45. The smallest absolute Gasteiger partial charge is 0.436 e. The van der Waals surface area contributed by atoms with Crippen LogP contribution in [0.3, 0.4) is 0 Å². The Morgan fingerprint density at radius 3 is 2.64 bits per heavy atom. The first-order valence-corrected chi connectivity index (χ1v) is 7.79. The summed E-state index contributed by atoms with van der Waals surface area (Å²) >= 11 is 5.83. The number of alkyl halides is 3. The summed E-state index contributed by atoms with van der Waals surface area (Å²) in [5.41, 5.74) is -1.83. The molecule has 10 heteroatoms. The van der Waals surface area contributed by atoms with Crippen LogP contribution < -0.4 is 0 Å². The minimum absolute atomic E-state index is 0.0961. The normalized spacial score (nSPS) is 14.6. The lowest BCUT2D eigenvalue weighted by atomic mass is 10.2. The molecule has 0 aromatic carbocycles. The zero-order valence-electron chi connectivity index (χ0n) is 12.9. The van der Waals surface area contributed by atoms with Crippen molar-refractivity contribution in [3.63, 3.8) is 0 Å². The topological polar surface area (TPSA) is 57.0 Å². The zero-order valence-corrected chi connectivity index (χ0v) is 13.7. The van der Waals surface area contributed by atoms with E-state index in [0.29, 0.717) is 12.8 Å². The largest absolute Gasteiger partial charge is 0.462 e. The number of ether oxygens (including phenoxy) is 1. The number of nitrogens with zero attached hydrogens (tertiary/aromatic N) is 3. The number of pyridine rings is 1. The van der Waals surface area contributed by atoms with Gasteiger partial charge in [0.1, 0.15) is 10.8 Å². The Labute approximate surface area is 144 Å². The summed E-state index contributed by atoms with van der Waals surface area (Å²) in [4.78, 5) is 18.8. The molecule has 0 amide bonds. The third kappa shape index (κ3) is 3.33. The molecule has 134 valence electrons. The number of imidazole rings is 1. The molecule has 5 nitrogen and oxygen atoms in total. The van der Waals surface area contributed by atoms with E-state index >= 15 is 0 Å². The second kappa shape index (κ2) is 6.29. The molecule has 2 aromatic heterocycles. The molecule has 3 rings (SSSR count). The van der Waals surface area contributed by atoms with Gasteiger partial charge >= 0.3 is 12.1 Å². The molecule has 0 aliphatic heterocycles. The van der Waals surface area contributed by atoms with Crippen LogP contribution in [0, 0.1) is 5.82 Å². The summed E-state index contributed by atoms with van der Waals surface area (Å²) in [6, 6.07) is 0.574. The van der Waals surface area contributed by atoms with E-state index in [4.69, 9.17) is 16.3 Å². The van der Waals surface area contributed by atoms with Crippen LogP contribution in [0.1, 0.15) is 41.9 Å². The van der Waals surface area contributed by atoms with Crippen molar-refractivity contribution in [1.29, 1.82) is 0 Å². The molecular formula is C15H12ClF4N3O2. The summed E-state index contributed by atoms with van der Waals surface area (Å²) < 4.78 is 59.4. The van der Waals surface area contributed by atoms with Gasteiger partial charge in [-0.1, -0.05) is 11.6 Å². The monoisotopic (exact) mass is 377 g/mol. The van der Waals surface area contributed by atoms with Crippen molar-refractivity contribution in [3.05, 3.63) is 34.5 Å². The van der Waals surface area contributed by atoms with E-state index in [-0.39, 0.29) is 24.0 Å². The van der Waals surface area contributed by atoms with Crippen molar-refractivity contribution >= 4 is 17.6 Å². The van der Waals surface area contributed by atoms with E-state index in [1.165, 1.54) is 0 Å². The number of hydrogen-bond acceptors (Lipinski definition) is 4. The molecule has 0 N–H and O–H groups in total. The van der Waals surface area contributed by atoms with Gasteiger partial charge in [0.2, 0.25) is 0 Å². The van der Waals surface area contributed by atoms with Gasteiger partial charge in [-0.15, -0.1) is 0 Å². The van der Waals surface area contributed by atoms with Gasteiger partial charge in [-0.25, -0.2) is 19.2 Å². The standard InChI is InChI=1S/C15H12ClF4N3O2/c1-2-25-14(24)7-5-9(17)10(21-6-7)13-22-11(15(18,19)20)12(16)23(13)8-3-4-8/h5-6,8H,2-4H2,1H3. The van der Waals surface area contributed by atoms with Gasteiger partial charge in [-0.3, -0.25) is 0 Å². The highest BCUT2D eigenvalue weighted by molar-refractivity contribution is 6.30. The van der Waals surface area contributed by atoms with Gasteiger partial charge in [0.25, 0.3) is 0 Å². The van der Waals surface area contributed by atoms with Gasteiger partial charge < -0.3 is 9.30 Å². The Hall–Kier alpha value is -2.16. The SMILES string of the molecule is CCOC(=O)c1cnc(-c2nc(C(F)(F)F)c(Cl)n2C2CC2)c(F)c1. The van der Waals surface area contributed by atoms with E-state index in [0.717, 1.165) is 16.8 Å². The number of carbonyl (C=O) groups is 1. The molecule has 1 saturated carbocycles. The Bertz CT molecular complexity index is 831. The van der Waals surface area contributed by atoms with Crippen molar-refractivity contribution < 1.29 is 27.1 Å². The van der Waals surface area contributed by atoms with Gasteiger partial charge in [-0.05, 0) is 25.8 Å². The number of carbonyl (C=O) groups excluding carboxylic acids is 1. The van der Waals surface area contributed by atoms with Crippen molar-refractivity contribution in [1.82, 2.24) is 14.5 Å². The van der Waals surface area contributed by atoms with Crippen molar-refractivity contribution in [2.45, 2.75) is 32.0 Å². The molecule has 1 aliphatic rings. The average Bonchev–Trinajstić information content (AvgIpc) is 3.29. The molecule has 0 saturated heterocycles. The fourth-order valence-corrected chi connectivity index (χ4v) is 2.72. The van der Waals surface area contributed by atoms with Crippen LogP contribution in [0.5, 0.6) is 0 Å². The van der Waals surface area contributed by atoms with Gasteiger partial charge in [0.15, 0.2) is 17.3 Å². The summed E-state index contributed by atoms with van der Waals surface area (Å²) in [6.45, 7) is 1.68. The molecular weight excluding hydrogens is 366 g/mol. The van der Waals surface area contributed by atoms with Crippen molar-refractivity contribution in [2.24, 2.45) is 0 Å². The van der Waals surface area contributed by atoms with Crippen LogP contribution in [-0.4, -0.2) is 27.1 Å². The first kappa shape index (κ1) is 17.7. The minimum atomic E-state index is -4.77. The maximum absolute atomic E-state index is 14.4. The van der Waals surface area contributed by atoms with E-state index in [1.54, 1.807) is 6.92 Å². The first-order valence-electron chi connectivity index (χ1n) is 7.42. The second-order valence-corrected chi connectivity index (χ2v) is 5.81. The lowest BCUT2D eigenvalue weighted by Crippen LogP contribution is -2.07. The van der Waals surface area contributed by atoms with Gasteiger partial charge in [0.05, 0.1) is 12.2 Å². The number of esters is 1. The predicted molar refractivity (Wildman–Crippen MR) is 79.7 cm³/mol. The lowest BCUT2D eigenvalue weighted by molar-refractivity contribution is -0.140. The molecule has 0 unspecified atom stereocenters. The van der Waals surface area contributed by atoms with Crippen LogP contribution in [0.25, 0.3) is 11.5 Å². The molecule has 25 heavy (non-hydrogen) atoms. The van der Waals surface area contributed by atoms with Gasteiger partial charge in [0, 0.05) is 12.2 Å². The molecule has 1 aliphatic carbocycles. The summed E-state index contributed by atoms with van der Waals surface area (Å²) in [6.07, 6.45) is -2.51. The van der Waals surface area contributed by atoms with Crippen LogP contribution in [0.15, 0.2) is 12.3 Å². The Kier molecular flexibility index (Phi) is 4.44. The summed E-state index contributed by atoms with van der Waals surface area (Å²) in [5.74, 6) is -2.07. The molecule has 0 bridgehead atoms. The van der Waals surface area contributed by atoms with Crippen LogP contribution in [0.4, 0.5) is 17.6 Å². The van der Waals surface area contributed by atoms with E-state index in [9.17, 15) is 22.4 Å². The minimum Gasteiger partial charge on any atom is -0.462 e. The number of rotatable bonds is 4. The summed E-state index contributed by atoms with van der Waals surface area (Å²) in [5, 5.41) is -0.597. The third-order valence-electron chi connectivity index (χ3n) is 3.60. The predicted octanol–water partition coefficient (Wildman–Crippen LogP) is 4.27. The van der Waals surface area contributed by atoms with E-state index in [1.807, 2.05) is 0 Å². The molecule has 0 spiro atoms. The molecule has 0 radical (unpaired) electrons. The maximum Gasteiger partial charge on any atom is 0.436 e. The fraction of sp³-hybridized carbons (Fsp3) is 0.400. The van der Waals surface area contributed by atoms with Crippen LogP contribution >= 0.6 is 11.6 Å². The number of halogens is 5. The van der Waals surface area contributed by atoms with Crippen molar-refractivity contribution in [2.75, 3.05) is 6.61 Å². The molecule has 1 fully saturated rings. The fourth-order valence-electron chi connectivity index (χ4n) is 2.35. The molecule has 2 heterocycles. The highest BCUT2D eigenvalue weighted by Crippen LogP contribution is 2.45. The highest BCUT2D eigenvalue weighted by Gasteiger charge is 2.42. The number of aromatic nitrogens is 3. The van der Waals surface area contributed by atoms with Crippen LogP contribution in [0.2, 0.25) is 5.15 Å². The third-order valence-corrected chi connectivity index (χ3v) is 3.96. The Morgan fingerprint density at radius 2 is 2.12 bits per heavy atom. The molecule has 2 aromatic rings. The van der Waals surface area contributed by atoms with E-state index < -0.39 is 34.5 Å². The Morgan fingerprint density at radius 1 is 1.44 bits per heavy atom. The average molecular weight is 378 g/mol. The van der Waals surface area contributed by atoms with Crippen molar-refractivity contribution in [3.8, 4) is 11.5 Å². The molecule has 0 atom stereocenters. The maximum atomic E-state index is 14.4. The lowest BCUT2D eigenvalue weighted by Gasteiger charge is -2.08. The number of hydrogen-bond donors (Lipinski definition) is 0. The zero-order chi connectivity index (χ0) is 18.4. The quantitative estimate of drug-likeness (QED) is 0.590. The summed E-state index contributed by atoms with van der Waals surface area (Å²) in [7, 11) is 0.